The van der Waals surface area contributed by atoms with Crippen molar-refractivity contribution in [2.24, 2.45) is 4.99 Å². The molecule has 0 radical (unpaired) electrons. The predicted molar refractivity (Wildman–Crippen MR) is 161 cm³/mol. The van der Waals surface area contributed by atoms with Crippen molar-refractivity contribution < 1.29 is 18.5 Å². The number of nitro benzene ring substituents is 1. The van der Waals surface area contributed by atoms with E-state index in [-0.39, 0.29) is 11.3 Å². The number of anilines is 1. The van der Waals surface area contributed by atoms with E-state index < -0.39 is 28.2 Å². The molecule has 3 aromatic carbocycles. The number of rotatable bonds is 6. The lowest BCUT2D eigenvalue weighted by Crippen LogP contribution is -2.40. The first kappa shape index (κ1) is 27.7. The van der Waals surface area contributed by atoms with E-state index in [9.17, 15) is 24.1 Å². The summed E-state index contributed by atoms with van der Waals surface area (Å²) in [6.07, 6.45) is 1.57. The van der Waals surface area contributed by atoms with Gasteiger partial charge in [0, 0.05) is 29.0 Å². The average molecular weight is 595 g/mol. The second-order valence-corrected chi connectivity index (χ2v) is 10.9. The molecule has 5 aromatic rings. The predicted octanol–water partition coefficient (Wildman–Crippen LogP) is 5.49. The summed E-state index contributed by atoms with van der Waals surface area (Å²) in [6, 6.07) is 21.8. The number of nitro groups is 1. The maximum absolute atomic E-state index is 13.9. The molecule has 11 heteroatoms. The van der Waals surface area contributed by atoms with Gasteiger partial charge in [0.2, 0.25) is 0 Å². The van der Waals surface area contributed by atoms with E-state index >= 15 is 0 Å². The number of fused-ring (bicyclic) bond motifs is 1. The Hall–Kier alpha value is -5.42. The zero-order valence-corrected chi connectivity index (χ0v) is 23.7. The highest BCUT2D eigenvalue weighted by molar-refractivity contribution is 7.07. The highest BCUT2D eigenvalue weighted by atomic mass is 32.1. The number of hydrogen-bond donors (Lipinski definition) is 1. The Labute approximate surface area is 247 Å². The second kappa shape index (κ2) is 11.1. The molecule has 1 N–H and O–H groups in total. The number of thiazole rings is 1. The third kappa shape index (κ3) is 5.22. The lowest BCUT2D eigenvalue weighted by molar-refractivity contribution is -0.385. The molecule has 0 unspecified atom stereocenters. The molecule has 0 fully saturated rings. The molecular weight excluding hydrogens is 571 g/mol. The molecule has 0 bridgehead atoms. The van der Waals surface area contributed by atoms with Crippen molar-refractivity contribution >= 4 is 34.7 Å². The summed E-state index contributed by atoms with van der Waals surface area (Å²) in [5.41, 5.74) is 2.42. The fourth-order valence-corrected chi connectivity index (χ4v) is 6.11. The number of nitrogens with zero attached hydrogens (tertiary/aromatic N) is 3. The number of aromatic nitrogens is 1. The van der Waals surface area contributed by atoms with Crippen LogP contribution in [0.25, 0.3) is 17.4 Å². The topological polar surface area (TPSA) is 120 Å². The number of allylic oxidation sites excluding steroid dienone is 1. The van der Waals surface area contributed by atoms with Crippen LogP contribution in [0.15, 0.2) is 110 Å². The number of para-hydroxylation sites is 1. The molecule has 43 heavy (non-hydrogen) atoms. The van der Waals surface area contributed by atoms with Crippen molar-refractivity contribution in [3.8, 4) is 11.3 Å². The zero-order chi connectivity index (χ0) is 30.2. The summed E-state index contributed by atoms with van der Waals surface area (Å²) < 4.78 is 21.6. The molecule has 9 nitrogen and oxygen atoms in total. The standard InChI is InChI=1S/C32H23FN4O5S/c1-18-24(9-6-10-25(18)37(40)41)26-16-15-23(42-26)17-27-31(39)36-29(20-11-13-21(33)14-12-20)28(19(2)34-32(36)43-27)30(38)35-22-7-4-3-5-8-22/h3-17,29H,1-2H3,(H,35,38)/b27-17-/t29-/m1/s1. The van der Waals surface area contributed by atoms with E-state index in [0.717, 1.165) is 11.3 Å². The van der Waals surface area contributed by atoms with Gasteiger partial charge in [-0.1, -0.05) is 53.8 Å². The summed E-state index contributed by atoms with van der Waals surface area (Å²) in [7, 11) is 0. The Morgan fingerprint density at radius 3 is 2.51 bits per heavy atom. The van der Waals surface area contributed by atoms with E-state index in [1.54, 1.807) is 80.6 Å². The first-order valence-corrected chi connectivity index (χ1v) is 14.0. The van der Waals surface area contributed by atoms with Crippen molar-refractivity contribution in [2.45, 2.75) is 19.9 Å². The highest BCUT2D eigenvalue weighted by Crippen LogP contribution is 2.32. The van der Waals surface area contributed by atoms with Crippen molar-refractivity contribution in [2.75, 3.05) is 5.32 Å². The molecular formula is C32H23FN4O5S. The average Bonchev–Trinajstić information content (AvgIpc) is 3.57. The van der Waals surface area contributed by atoms with E-state index in [4.69, 9.17) is 4.42 Å². The van der Waals surface area contributed by atoms with Gasteiger partial charge in [-0.25, -0.2) is 9.38 Å². The molecule has 1 aliphatic rings. The highest BCUT2D eigenvalue weighted by Gasteiger charge is 2.32. The number of hydrogen-bond acceptors (Lipinski definition) is 7. The fourth-order valence-electron chi connectivity index (χ4n) is 5.08. The number of halogens is 1. The molecule has 1 atom stereocenters. The van der Waals surface area contributed by atoms with Gasteiger partial charge in [0.1, 0.15) is 17.3 Å². The van der Waals surface area contributed by atoms with Crippen LogP contribution in [0.3, 0.4) is 0 Å². The van der Waals surface area contributed by atoms with Gasteiger partial charge in [-0.3, -0.25) is 24.3 Å². The molecule has 0 saturated carbocycles. The minimum atomic E-state index is -0.859. The molecule has 6 rings (SSSR count). The van der Waals surface area contributed by atoms with Gasteiger partial charge < -0.3 is 9.73 Å². The van der Waals surface area contributed by atoms with Crippen molar-refractivity contribution in [1.29, 1.82) is 0 Å². The van der Waals surface area contributed by atoms with Crippen LogP contribution in [-0.4, -0.2) is 15.4 Å². The first-order chi connectivity index (χ1) is 20.7. The number of furan rings is 1. The smallest absolute Gasteiger partial charge is 0.273 e. The zero-order valence-electron chi connectivity index (χ0n) is 22.9. The van der Waals surface area contributed by atoms with Gasteiger partial charge in [0.25, 0.3) is 17.2 Å². The summed E-state index contributed by atoms with van der Waals surface area (Å²) in [6.45, 7) is 3.35. The van der Waals surface area contributed by atoms with Crippen LogP contribution in [-0.2, 0) is 4.79 Å². The van der Waals surface area contributed by atoms with Gasteiger partial charge >= 0.3 is 0 Å². The van der Waals surface area contributed by atoms with Crippen LogP contribution in [0.4, 0.5) is 15.8 Å². The second-order valence-electron chi connectivity index (χ2n) is 9.86. The van der Waals surface area contributed by atoms with Crippen LogP contribution in [0, 0.1) is 22.9 Å². The van der Waals surface area contributed by atoms with Crippen LogP contribution < -0.4 is 20.2 Å². The van der Waals surface area contributed by atoms with Gasteiger partial charge in [0.15, 0.2) is 4.80 Å². The Morgan fingerprint density at radius 1 is 1.05 bits per heavy atom. The fraction of sp³-hybridized carbons (Fsp3) is 0.0938. The number of carbonyl (C=O) groups is 1. The first-order valence-electron chi connectivity index (χ1n) is 13.2. The number of carbonyl (C=O) groups excluding carboxylic acids is 1. The lowest BCUT2D eigenvalue weighted by atomic mass is 9.95. The Balaban J connectivity index is 1.44. The third-order valence-corrected chi connectivity index (χ3v) is 8.13. The minimum Gasteiger partial charge on any atom is -0.457 e. The van der Waals surface area contributed by atoms with E-state index in [1.807, 2.05) is 6.07 Å². The van der Waals surface area contributed by atoms with Gasteiger partial charge in [-0.05, 0) is 55.8 Å². The van der Waals surface area contributed by atoms with Crippen LogP contribution >= 0.6 is 11.3 Å². The molecule has 214 valence electrons. The van der Waals surface area contributed by atoms with E-state index in [0.29, 0.717) is 48.9 Å². The minimum absolute atomic E-state index is 0.0213. The Kier molecular flexibility index (Phi) is 7.16. The number of nitrogens with one attached hydrogen (secondary N) is 1. The molecule has 2 aromatic heterocycles. The number of amides is 1. The molecule has 1 amide bonds. The van der Waals surface area contributed by atoms with Crippen molar-refractivity contribution in [3.63, 3.8) is 0 Å². The normalized spacial score (nSPS) is 14.8. The summed E-state index contributed by atoms with van der Waals surface area (Å²) >= 11 is 1.13. The molecule has 0 aliphatic carbocycles. The third-order valence-electron chi connectivity index (χ3n) is 7.15. The van der Waals surface area contributed by atoms with Gasteiger partial charge in [0.05, 0.1) is 26.8 Å². The van der Waals surface area contributed by atoms with Gasteiger partial charge in [-0.15, -0.1) is 0 Å². The van der Waals surface area contributed by atoms with Crippen LogP contribution in [0.1, 0.15) is 29.9 Å². The Bertz CT molecular complexity index is 2110. The van der Waals surface area contributed by atoms with E-state index in [2.05, 4.69) is 10.3 Å². The summed E-state index contributed by atoms with van der Waals surface area (Å²) in [5, 5.41) is 14.3. The molecule has 1 aliphatic heterocycles. The maximum atomic E-state index is 13.9. The molecule has 3 heterocycles. The largest absolute Gasteiger partial charge is 0.457 e. The molecule has 0 saturated heterocycles. The van der Waals surface area contributed by atoms with E-state index in [1.165, 1.54) is 22.8 Å². The lowest BCUT2D eigenvalue weighted by Gasteiger charge is -2.25. The molecule has 0 spiro atoms. The summed E-state index contributed by atoms with van der Waals surface area (Å²) in [5.74, 6) is -0.0961. The van der Waals surface area contributed by atoms with Crippen LogP contribution in [0.2, 0.25) is 0 Å². The number of benzene rings is 3. The quantitative estimate of drug-likeness (QED) is 0.206. The maximum Gasteiger partial charge on any atom is 0.273 e. The monoisotopic (exact) mass is 594 g/mol. The van der Waals surface area contributed by atoms with Crippen molar-refractivity contribution in [1.82, 2.24) is 4.57 Å². The van der Waals surface area contributed by atoms with Crippen molar-refractivity contribution in [3.05, 3.63) is 149 Å². The SMILES string of the molecule is CC1=C(C(=O)Nc2ccccc2)[C@@H](c2ccc(F)cc2)n2c(s/c(=C\c3ccc(-c4cccc([N+](=O)[O-])c4C)o3)c2=O)=N1. The Morgan fingerprint density at radius 2 is 1.79 bits per heavy atom. The summed E-state index contributed by atoms with van der Waals surface area (Å²) in [4.78, 5) is 43.4. The van der Waals surface area contributed by atoms with Crippen LogP contribution in [0.5, 0.6) is 0 Å². The van der Waals surface area contributed by atoms with Gasteiger partial charge in [-0.2, -0.15) is 0 Å².